The van der Waals surface area contributed by atoms with Crippen molar-refractivity contribution in [2.75, 3.05) is 26.4 Å². The molecule has 12 N–H and O–H groups in total. The molecule has 0 radical (unpaired) electrons. The molecule has 0 aromatic carbocycles. The SMILES string of the molecule is CC/C=C\C/C=C\C/C=C\C/C=C\C/C=C\CCCCCCCC(=O)NC(COC1OC(CO)C(OC2OC(CO)C(OC3OC(CO)C(O)C(O)C3O)C(O)C2O)C(O)C1O)C(O)CCCCCC. The van der Waals surface area contributed by atoms with Crippen molar-refractivity contribution < 1.29 is 89.4 Å². The quantitative estimate of drug-likeness (QED) is 0.0323. The minimum atomic E-state index is -1.97. The van der Waals surface area contributed by atoms with Crippen molar-refractivity contribution in [3.05, 3.63) is 60.8 Å². The second kappa shape index (κ2) is 35.6. The third-order valence-corrected chi connectivity index (χ3v) is 12.6. The maximum absolute atomic E-state index is 13.1. The van der Waals surface area contributed by atoms with Crippen LogP contribution >= 0.6 is 0 Å². The summed E-state index contributed by atoms with van der Waals surface area (Å²) in [6, 6.07) is -0.895. The van der Waals surface area contributed by atoms with Crippen LogP contribution in [-0.2, 0) is 33.2 Å². The minimum absolute atomic E-state index is 0.238. The third-order valence-electron chi connectivity index (χ3n) is 12.6. The molecule has 0 aliphatic carbocycles. The van der Waals surface area contributed by atoms with Crippen LogP contribution in [0.2, 0.25) is 0 Å². The van der Waals surface area contributed by atoms with Gasteiger partial charge in [0.05, 0.1) is 38.6 Å². The predicted molar refractivity (Wildman–Crippen MR) is 258 cm³/mol. The molecule has 17 unspecified atom stereocenters. The predicted octanol–water partition coefficient (Wildman–Crippen LogP) is 1.75. The molecule has 3 aliphatic rings. The number of aliphatic hydroxyl groups excluding tert-OH is 11. The number of hydrogen-bond acceptors (Lipinski definition) is 18. The van der Waals surface area contributed by atoms with Crippen molar-refractivity contribution in [3.63, 3.8) is 0 Å². The summed E-state index contributed by atoms with van der Waals surface area (Å²) in [6.07, 6.45) is 9.88. The molecule has 0 bridgehead atoms. The molecule has 3 rings (SSSR count). The Kier molecular flexibility index (Phi) is 31.4. The van der Waals surface area contributed by atoms with Gasteiger partial charge in [-0.25, -0.2) is 0 Å². The van der Waals surface area contributed by atoms with E-state index in [0.717, 1.165) is 83.5 Å². The van der Waals surface area contributed by atoms with Crippen molar-refractivity contribution in [2.24, 2.45) is 0 Å². The van der Waals surface area contributed by atoms with E-state index in [-0.39, 0.29) is 18.9 Å². The first kappa shape index (κ1) is 61.8. The first-order valence-electron chi connectivity index (χ1n) is 25.5. The zero-order valence-electron chi connectivity index (χ0n) is 41.2. The summed E-state index contributed by atoms with van der Waals surface area (Å²) in [6.45, 7) is 1.47. The molecular weight excluding hydrogens is 915 g/mol. The summed E-state index contributed by atoms with van der Waals surface area (Å²) in [5, 5.41) is 119. The van der Waals surface area contributed by atoms with Gasteiger partial charge in [-0.2, -0.15) is 0 Å². The average molecular weight is 1000 g/mol. The van der Waals surface area contributed by atoms with Gasteiger partial charge in [0.1, 0.15) is 73.2 Å². The van der Waals surface area contributed by atoms with Gasteiger partial charge in [0, 0.05) is 6.42 Å². The first-order chi connectivity index (χ1) is 33.8. The van der Waals surface area contributed by atoms with E-state index in [1.54, 1.807) is 0 Å². The normalized spacial score (nSPS) is 33.1. The standard InChI is InChI=1S/C51H87NO18/c1-3-5-7-9-10-11-12-13-14-15-16-17-18-19-20-21-22-23-24-25-27-29-39(57)52-34(35(56)28-26-8-6-4-2)33-65-49-45(63)42(60)47(37(31-54)67-49)70-51-46(64)43(61)48(38(32-55)68-51)69-50-44(62)41(59)40(58)36(30-53)66-50/h5,7,10-11,13-14,16-17,19-20,34-38,40-51,53-56,58-64H,3-4,6,8-9,12,15,18,21-33H2,1-2H3,(H,52,57)/b7-5-,11-10-,14-13-,17-16-,20-19-. The van der Waals surface area contributed by atoms with Crippen molar-refractivity contribution in [3.8, 4) is 0 Å². The molecule has 19 nitrogen and oxygen atoms in total. The second-order valence-electron chi connectivity index (χ2n) is 18.3. The highest BCUT2D eigenvalue weighted by molar-refractivity contribution is 5.76. The van der Waals surface area contributed by atoms with E-state index in [9.17, 15) is 61.0 Å². The van der Waals surface area contributed by atoms with Gasteiger partial charge in [-0.15, -0.1) is 0 Å². The fourth-order valence-corrected chi connectivity index (χ4v) is 8.34. The van der Waals surface area contributed by atoms with Crippen LogP contribution in [0.25, 0.3) is 0 Å². The van der Waals surface area contributed by atoms with Gasteiger partial charge < -0.3 is 89.9 Å². The lowest BCUT2D eigenvalue weighted by Crippen LogP contribution is -2.66. The summed E-state index contributed by atoms with van der Waals surface area (Å²) >= 11 is 0. The van der Waals surface area contributed by atoms with Gasteiger partial charge in [-0.05, 0) is 57.8 Å². The number of carbonyl (C=O) groups excluding carboxylic acids is 1. The topological polar surface area (TPSA) is 307 Å². The van der Waals surface area contributed by atoms with Crippen molar-refractivity contribution in [1.82, 2.24) is 5.32 Å². The van der Waals surface area contributed by atoms with Gasteiger partial charge in [0.2, 0.25) is 5.91 Å². The molecule has 70 heavy (non-hydrogen) atoms. The van der Waals surface area contributed by atoms with Gasteiger partial charge in [-0.1, -0.05) is 120 Å². The van der Waals surface area contributed by atoms with Crippen LogP contribution < -0.4 is 5.32 Å². The Labute approximate surface area is 414 Å². The molecular formula is C51H87NO18. The lowest BCUT2D eigenvalue weighted by Gasteiger charge is -2.48. The van der Waals surface area contributed by atoms with Crippen molar-refractivity contribution >= 4 is 5.91 Å². The first-order valence-corrected chi connectivity index (χ1v) is 25.5. The molecule has 1 amide bonds. The number of unbranched alkanes of at least 4 members (excludes halogenated alkanes) is 8. The summed E-state index contributed by atoms with van der Waals surface area (Å²) in [4.78, 5) is 13.1. The van der Waals surface area contributed by atoms with Crippen LogP contribution in [0.4, 0.5) is 0 Å². The van der Waals surface area contributed by atoms with E-state index < -0.39 is 124 Å². The van der Waals surface area contributed by atoms with Crippen LogP contribution in [0.3, 0.4) is 0 Å². The van der Waals surface area contributed by atoms with E-state index in [1.165, 1.54) is 0 Å². The molecule has 404 valence electrons. The number of rotatable bonds is 34. The van der Waals surface area contributed by atoms with Gasteiger partial charge in [0.15, 0.2) is 18.9 Å². The molecule has 0 aromatic rings. The highest BCUT2D eigenvalue weighted by Crippen LogP contribution is 2.33. The molecule has 0 spiro atoms. The van der Waals surface area contributed by atoms with E-state index in [0.29, 0.717) is 19.3 Å². The maximum Gasteiger partial charge on any atom is 0.220 e. The molecule has 17 atom stereocenters. The highest BCUT2D eigenvalue weighted by atomic mass is 16.8. The summed E-state index contributed by atoms with van der Waals surface area (Å²) in [7, 11) is 0. The van der Waals surface area contributed by atoms with E-state index >= 15 is 0 Å². The van der Waals surface area contributed by atoms with Gasteiger partial charge in [0.25, 0.3) is 0 Å². The largest absolute Gasteiger partial charge is 0.394 e. The monoisotopic (exact) mass is 1000 g/mol. The highest BCUT2D eigenvalue weighted by Gasteiger charge is 2.53. The van der Waals surface area contributed by atoms with E-state index in [1.807, 2.05) is 0 Å². The Morgan fingerprint density at radius 2 is 0.986 bits per heavy atom. The van der Waals surface area contributed by atoms with E-state index in [2.05, 4.69) is 79.9 Å². The molecule has 3 aliphatic heterocycles. The minimum Gasteiger partial charge on any atom is -0.394 e. The smallest absolute Gasteiger partial charge is 0.220 e. The Morgan fingerprint density at radius 1 is 0.529 bits per heavy atom. The molecule has 19 heteroatoms. The summed E-state index contributed by atoms with van der Waals surface area (Å²) < 4.78 is 34.0. The van der Waals surface area contributed by atoms with Crippen molar-refractivity contribution in [1.29, 1.82) is 0 Å². The number of amides is 1. The van der Waals surface area contributed by atoms with Crippen LogP contribution in [0, 0.1) is 0 Å². The number of carbonyl (C=O) groups is 1. The van der Waals surface area contributed by atoms with Crippen LogP contribution in [0.5, 0.6) is 0 Å². The van der Waals surface area contributed by atoms with Crippen LogP contribution in [-0.4, -0.2) is 193 Å². The summed E-state index contributed by atoms with van der Waals surface area (Å²) in [5.41, 5.74) is 0. The van der Waals surface area contributed by atoms with Crippen molar-refractivity contribution in [2.45, 2.75) is 227 Å². The third kappa shape index (κ3) is 21.1. The van der Waals surface area contributed by atoms with E-state index in [4.69, 9.17) is 28.4 Å². The number of allylic oxidation sites excluding steroid dienone is 10. The average Bonchev–Trinajstić information content (AvgIpc) is 3.35. The Balaban J connectivity index is 1.45. The Hall–Kier alpha value is -2.51. The molecule has 0 aromatic heterocycles. The second-order valence-corrected chi connectivity index (χ2v) is 18.3. The Morgan fingerprint density at radius 3 is 1.53 bits per heavy atom. The number of ether oxygens (including phenoxy) is 6. The zero-order valence-corrected chi connectivity index (χ0v) is 41.2. The number of aliphatic hydroxyl groups is 11. The molecule has 3 fully saturated rings. The Bertz CT molecular complexity index is 1530. The zero-order chi connectivity index (χ0) is 51.3. The fraction of sp³-hybridized carbons (Fsp3) is 0.784. The molecule has 3 heterocycles. The lowest BCUT2D eigenvalue weighted by molar-refractivity contribution is -0.379. The van der Waals surface area contributed by atoms with Crippen LogP contribution in [0.15, 0.2) is 60.8 Å². The molecule has 3 saturated heterocycles. The fourth-order valence-electron chi connectivity index (χ4n) is 8.34. The lowest BCUT2D eigenvalue weighted by atomic mass is 9.96. The number of nitrogens with one attached hydrogen (secondary N) is 1. The maximum atomic E-state index is 13.1. The molecule has 0 saturated carbocycles. The van der Waals surface area contributed by atoms with Gasteiger partial charge >= 0.3 is 0 Å². The van der Waals surface area contributed by atoms with Crippen LogP contribution in [0.1, 0.15) is 123 Å². The summed E-state index contributed by atoms with van der Waals surface area (Å²) in [5.74, 6) is -0.276. The number of hydrogen-bond donors (Lipinski definition) is 12. The van der Waals surface area contributed by atoms with Gasteiger partial charge in [-0.3, -0.25) is 4.79 Å².